The van der Waals surface area contributed by atoms with Crippen LogP contribution in [0.15, 0.2) is 83.1 Å². The molecule has 13 nitrogen and oxygen atoms in total. The third-order valence-electron chi connectivity index (χ3n) is 6.86. The summed E-state index contributed by atoms with van der Waals surface area (Å²) in [5.41, 5.74) is 6.02. The van der Waals surface area contributed by atoms with Crippen LogP contribution in [0.2, 0.25) is 0 Å². The molecule has 3 aromatic carbocycles. The topological polar surface area (TPSA) is 166 Å². The maximum Gasteiger partial charge on any atom is 0.338 e. The maximum absolute atomic E-state index is 12.4. The van der Waals surface area contributed by atoms with E-state index in [0.717, 1.165) is 11.1 Å². The Morgan fingerprint density at radius 3 is 2.38 bits per heavy atom. The van der Waals surface area contributed by atoms with E-state index < -0.39 is 24.3 Å². The van der Waals surface area contributed by atoms with Gasteiger partial charge in [0, 0.05) is 5.70 Å². The Labute approximate surface area is 272 Å². The number of benzene rings is 3. The fourth-order valence-corrected chi connectivity index (χ4v) is 4.59. The number of rotatable bonds is 15. The van der Waals surface area contributed by atoms with Crippen LogP contribution in [0, 0.1) is 0 Å². The molecule has 0 aromatic heterocycles. The molecule has 0 radical (unpaired) electrons. The first-order chi connectivity index (χ1) is 22.7. The van der Waals surface area contributed by atoms with Crippen molar-refractivity contribution in [3.63, 3.8) is 0 Å². The summed E-state index contributed by atoms with van der Waals surface area (Å²) in [6, 6.07) is 18.1. The number of esters is 2. The summed E-state index contributed by atoms with van der Waals surface area (Å²) in [7, 11) is 1.27. The van der Waals surface area contributed by atoms with Crippen molar-refractivity contribution in [1.29, 1.82) is 0 Å². The molecule has 0 bridgehead atoms. The second-order valence-electron chi connectivity index (χ2n) is 10.2. The zero-order valence-electron chi connectivity index (χ0n) is 26.6. The molecule has 4 N–H and O–H groups in total. The molecule has 0 saturated heterocycles. The molecule has 0 spiro atoms. The van der Waals surface area contributed by atoms with E-state index in [4.69, 9.17) is 23.7 Å². The molecule has 0 fully saturated rings. The normalized spacial score (nSPS) is 14.9. The summed E-state index contributed by atoms with van der Waals surface area (Å²) in [5.74, 6) is 0.444. The van der Waals surface area contributed by atoms with E-state index in [1.54, 1.807) is 62.5 Å². The van der Waals surface area contributed by atoms with Gasteiger partial charge < -0.3 is 39.4 Å². The van der Waals surface area contributed by atoms with Gasteiger partial charge in [0.05, 0.1) is 43.7 Å². The SMILES string of the molecule is CCOC(=O)c1ccc(COc2ccc(/C=N/N[C@H](O)COc3ccc([C@@H]4NC(=O)NC(C)=C4C(=O)OC)cc3OCC)cc2)cc1. The lowest BCUT2D eigenvalue weighted by molar-refractivity contribution is -0.136. The molecule has 248 valence electrons. The van der Waals surface area contributed by atoms with Gasteiger partial charge in [0.1, 0.15) is 19.0 Å². The first-order valence-corrected chi connectivity index (χ1v) is 14.9. The van der Waals surface area contributed by atoms with Crippen LogP contribution in [0.1, 0.15) is 53.9 Å². The van der Waals surface area contributed by atoms with Crippen molar-refractivity contribution in [2.45, 2.75) is 39.6 Å². The molecule has 13 heteroatoms. The average molecular weight is 647 g/mol. The van der Waals surface area contributed by atoms with Crippen LogP contribution in [-0.4, -0.2) is 62.4 Å². The second-order valence-corrected chi connectivity index (χ2v) is 10.2. The van der Waals surface area contributed by atoms with Gasteiger partial charge in [0.15, 0.2) is 17.7 Å². The van der Waals surface area contributed by atoms with Crippen LogP contribution >= 0.6 is 0 Å². The highest BCUT2D eigenvalue weighted by Gasteiger charge is 2.32. The number of urea groups is 1. The summed E-state index contributed by atoms with van der Waals surface area (Å²) >= 11 is 0. The Bertz CT molecular complexity index is 1600. The first kappa shape index (κ1) is 34.3. The third-order valence-corrected chi connectivity index (χ3v) is 6.86. The van der Waals surface area contributed by atoms with Gasteiger partial charge in [-0.05, 0) is 86.0 Å². The van der Waals surface area contributed by atoms with Crippen LogP contribution in [0.5, 0.6) is 17.2 Å². The highest BCUT2D eigenvalue weighted by molar-refractivity contribution is 5.95. The molecule has 2 atom stereocenters. The van der Waals surface area contributed by atoms with Crippen LogP contribution in [0.25, 0.3) is 0 Å². The average Bonchev–Trinajstić information content (AvgIpc) is 3.07. The molecule has 0 saturated carbocycles. The fourth-order valence-electron chi connectivity index (χ4n) is 4.59. The molecule has 1 heterocycles. The Kier molecular flexibility index (Phi) is 12.2. The summed E-state index contributed by atoms with van der Waals surface area (Å²) in [5, 5.41) is 19.8. The Balaban J connectivity index is 1.29. The summed E-state index contributed by atoms with van der Waals surface area (Å²) in [6.07, 6.45) is 0.405. The number of nitrogens with one attached hydrogen (secondary N) is 3. The second kappa shape index (κ2) is 16.7. The summed E-state index contributed by atoms with van der Waals surface area (Å²) in [6.45, 7) is 6.03. The van der Waals surface area contributed by atoms with Crippen molar-refractivity contribution in [1.82, 2.24) is 16.1 Å². The van der Waals surface area contributed by atoms with Crippen molar-refractivity contribution in [2.24, 2.45) is 5.10 Å². The van der Waals surface area contributed by atoms with Gasteiger partial charge in [-0.25, -0.2) is 14.4 Å². The van der Waals surface area contributed by atoms with Gasteiger partial charge in [-0.15, -0.1) is 0 Å². The predicted molar refractivity (Wildman–Crippen MR) is 172 cm³/mol. The minimum absolute atomic E-state index is 0.152. The monoisotopic (exact) mass is 646 g/mol. The third kappa shape index (κ3) is 9.47. The highest BCUT2D eigenvalue weighted by atomic mass is 16.5. The number of aliphatic hydroxyl groups excluding tert-OH is 1. The van der Waals surface area contributed by atoms with E-state index >= 15 is 0 Å². The zero-order chi connectivity index (χ0) is 33.8. The van der Waals surface area contributed by atoms with Gasteiger partial charge in [-0.1, -0.05) is 18.2 Å². The van der Waals surface area contributed by atoms with Crippen molar-refractivity contribution in [3.8, 4) is 17.2 Å². The fraction of sp³-hybridized carbons (Fsp3) is 0.294. The molecule has 3 aromatic rings. The Hall–Kier alpha value is -5.56. The van der Waals surface area contributed by atoms with Gasteiger partial charge in [0.2, 0.25) is 0 Å². The van der Waals surface area contributed by atoms with Crippen molar-refractivity contribution in [2.75, 3.05) is 26.9 Å². The molecule has 2 amide bonds. The highest BCUT2D eigenvalue weighted by Crippen LogP contribution is 2.35. The van der Waals surface area contributed by atoms with Crippen LogP contribution < -0.4 is 30.3 Å². The number of ether oxygens (including phenoxy) is 5. The zero-order valence-corrected chi connectivity index (χ0v) is 26.6. The molecule has 1 aliphatic heterocycles. The van der Waals surface area contributed by atoms with E-state index in [9.17, 15) is 19.5 Å². The van der Waals surface area contributed by atoms with E-state index in [1.165, 1.54) is 7.11 Å². The largest absolute Gasteiger partial charge is 0.490 e. The standard InChI is InChI=1S/C34H38N4O9/c1-5-44-28-17-25(31-30(33(41)43-4)21(3)36-34(42)37-31)13-16-27(28)47-20-29(39)38-35-18-22-9-14-26(15-10-22)46-19-23-7-11-24(12-8-23)32(40)45-6-2/h7-18,29,31,38-39H,5-6,19-20H2,1-4H3,(H2,36,37,42)/b35-18+/t29-,31+/m1/s1. The Morgan fingerprint density at radius 1 is 0.957 bits per heavy atom. The molecule has 0 unspecified atom stereocenters. The number of carbonyl (C=O) groups excluding carboxylic acids is 3. The van der Waals surface area contributed by atoms with Crippen LogP contribution in [-0.2, 0) is 20.9 Å². The molecule has 47 heavy (non-hydrogen) atoms. The Morgan fingerprint density at radius 2 is 1.70 bits per heavy atom. The number of amides is 2. The van der Waals surface area contributed by atoms with Crippen molar-refractivity contribution in [3.05, 3.63) is 100 Å². The number of aliphatic hydroxyl groups is 1. The van der Waals surface area contributed by atoms with Crippen LogP contribution in [0.3, 0.4) is 0 Å². The quantitative estimate of drug-likeness (QED) is 0.0822. The van der Waals surface area contributed by atoms with E-state index in [0.29, 0.717) is 53.9 Å². The van der Waals surface area contributed by atoms with E-state index in [1.807, 2.05) is 31.2 Å². The van der Waals surface area contributed by atoms with Gasteiger partial charge in [-0.2, -0.15) is 5.10 Å². The number of allylic oxidation sites excluding steroid dienone is 1. The minimum atomic E-state index is -1.14. The molecular weight excluding hydrogens is 608 g/mol. The van der Waals surface area contributed by atoms with Crippen molar-refractivity contribution >= 4 is 24.2 Å². The molecule has 0 aliphatic carbocycles. The minimum Gasteiger partial charge on any atom is -0.490 e. The number of hydrogen-bond acceptors (Lipinski definition) is 11. The lowest BCUT2D eigenvalue weighted by Gasteiger charge is -2.28. The summed E-state index contributed by atoms with van der Waals surface area (Å²) < 4.78 is 27.3. The smallest absolute Gasteiger partial charge is 0.338 e. The summed E-state index contributed by atoms with van der Waals surface area (Å²) in [4.78, 5) is 36.4. The van der Waals surface area contributed by atoms with Crippen LogP contribution in [0.4, 0.5) is 4.79 Å². The van der Waals surface area contributed by atoms with E-state index in [2.05, 4.69) is 21.2 Å². The van der Waals surface area contributed by atoms with Gasteiger partial charge in [-0.3, -0.25) is 5.43 Å². The lowest BCUT2D eigenvalue weighted by Crippen LogP contribution is -2.45. The number of nitrogens with zero attached hydrogens (tertiary/aromatic N) is 1. The lowest BCUT2D eigenvalue weighted by atomic mass is 9.95. The number of hydrazone groups is 1. The first-order valence-electron chi connectivity index (χ1n) is 14.9. The maximum atomic E-state index is 12.4. The van der Waals surface area contributed by atoms with E-state index in [-0.39, 0.29) is 18.1 Å². The molecule has 1 aliphatic rings. The van der Waals surface area contributed by atoms with Crippen molar-refractivity contribution < 1.29 is 43.2 Å². The predicted octanol–water partition coefficient (Wildman–Crippen LogP) is 3.96. The molecular formula is C34H38N4O9. The number of hydrogen-bond donors (Lipinski definition) is 4. The number of carbonyl (C=O) groups is 3. The number of methoxy groups -OCH3 is 1. The molecule has 4 rings (SSSR count). The van der Waals surface area contributed by atoms with Gasteiger partial charge >= 0.3 is 18.0 Å². The van der Waals surface area contributed by atoms with Gasteiger partial charge in [0.25, 0.3) is 0 Å².